The molecule has 20 heavy (non-hydrogen) atoms. The van der Waals surface area contributed by atoms with Crippen LogP contribution in [0.1, 0.15) is 39.3 Å². The van der Waals surface area contributed by atoms with Gasteiger partial charge in [-0.05, 0) is 31.9 Å². The fourth-order valence-electron chi connectivity index (χ4n) is 2.80. The zero-order chi connectivity index (χ0) is 14.8. The molecule has 0 saturated carbocycles. The standard InChI is InChI=1S/C15H21N3O2/c1-4-15(5-2)14(20)17-11(3)13(19)18(15)10-12-8-6-7-9-16-12/h6-9,11H,4-5,10H2,1-3H3,(H,17,20). The van der Waals surface area contributed by atoms with Crippen molar-refractivity contribution in [3.63, 3.8) is 0 Å². The molecule has 0 spiro atoms. The van der Waals surface area contributed by atoms with E-state index in [1.165, 1.54) is 0 Å². The SMILES string of the molecule is CCC1(CC)C(=O)NC(C)C(=O)N1Cc1ccccn1. The number of aromatic nitrogens is 1. The van der Waals surface area contributed by atoms with Crippen molar-refractivity contribution in [2.24, 2.45) is 0 Å². The van der Waals surface area contributed by atoms with Crippen LogP contribution in [0.25, 0.3) is 0 Å². The van der Waals surface area contributed by atoms with E-state index in [0.29, 0.717) is 19.4 Å². The van der Waals surface area contributed by atoms with Gasteiger partial charge in [0.2, 0.25) is 11.8 Å². The summed E-state index contributed by atoms with van der Waals surface area (Å²) >= 11 is 0. The van der Waals surface area contributed by atoms with Gasteiger partial charge in [0.05, 0.1) is 12.2 Å². The number of carbonyl (C=O) groups excluding carboxylic acids is 2. The van der Waals surface area contributed by atoms with E-state index in [2.05, 4.69) is 10.3 Å². The summed E-state index contributed by atoms with van der Waals surface area (Å²) in [6, 6.07) is 5.13. The lowest BCUT2D eigenvalue weighted by atomic mass is 9.86. The van der Waals surface area contributed by atoms with Gasteiger partial charge in [0, 0.05) is 6.20 Å². The van der Waals surface area contributed by atoms with Crippen molar-refractivity contribution in [2.45, 2.75) is 51.7 Å². The Bertz CT molecular complexity index is 497. The Morgan fingerprint density at radius 1 is 1.30 bits per heavy atom. The van der Waals surface area contributed by atoms with Crippen molar-refractivity contribution in [1.29, 1.82) is 0 Å². The number of piperazine rings is 1. The van der Waals surface area contributed by atoms with Gasteiger partial charge in [-0.2, -0.15) is 0 Å². The van der Waals surface area contributed by atoms with Gasteiger partial charge in [0.25, 0.3) is 0 Å². The van der Waals surface area contributed by atoms with Crippen LogP contribution in [0, 0.1) is 0 Å². The average molecular weight is 275 g/mol. The third-order valence-corrected chi connectivity index (χ3v) is 4.14. The lowest BCUT2D eigenvalue weighted by molar-refractivity contribution is -0.158. The highest BCUT2D eigenvalue weighted by molar-refractivity contribution is 5.99. The van der Waals surface area contributed by atoms with Crippen LogP contribution in [-0.4, -0.2) is 33.3 Å². The van der Waals surface area contributed by atoms with Crippen molar-refractivity contribution in [1.82, 2.24) is 15.2 Å². The quantitative estimate of drug-likeness (QED) is 0.905. The van der Waals surface area contributed by atoms with Gasteiger partial charge >= 0.3 is 0 Å². The first-order valence-corrected chi connectivity index (χ1v) is 7.07. The van der Waals surface area contributed by atoms with E-state index in [-0.39, 0.29) is 11.8 Å². The van der Waals surface area contributed by atoms with Crippen LogP contribution < -0.4 is 5.32 Å². The van der Waals surface area contributed by atoms with Crippen molar-refractivity contribution in [3.8, 4) is 0 Å². The van der Waals surface area contributed by atoms with E-state index in [1.807, 2.05) is 32.0 Å². The van der Waals surface area contributed by atoms with Crippen LogP contribution in [0.4, 0.5) is 0 Å². The first kappa shape index (κ1) is 14.5. The summed E-state index contributed by atoms with van der Waals surface area (Å²) in [5, 5.41) is 2.79. The minimum absolute atomic E-state index is 0.0426. The molecule has 1 aliphatic heterocycles. The van der Waals surface area contributed by atoms with E-state index >= 15 is 0 Å². The van der Waals surface area contributed by atoms with Crippen molar-refractivity contribution in [2.75, 3.05) is 0 Å². The first-order chi connectivity index (χ1) is 9.55. The molecule has 1 aliphatic rings. The molecular formula is C15H21N3O2. The molecule has 0 bridgehead atoms. The van der Waals surface area contributed by atoms with Crippen LogP contribution in [0.3, 0.4) is 0 Å². The highest BCUT2D eigenvalue weighted by Crippen LogP contribution is 2.30. The van der Waals surface area contributed by atoms with E-state index in [9.17, 15) is 9.59 Å². The van der Waals surface area contributed by atoms with Crippen LogP contribution in [-0.2, 0) is 16.1 Å². The molecule has 2 heterocycles. The molecule has 1 aromatic heterocycles. The number of hydrogen-bond donors (Lipinski definition) is 1. The van der Waals surface area contributed by atoms with Crippen LogP contribution in [0.2, 0.25) is 0 Å². The molecule has 1 aromatic rings. The number of pyridine rings is 1. The Kier molecular flexibility index (Phi) is 4.06. The summed E-state index contributed by atoms with van der Waals surface area (Å²) in [5.41, 5.74) is 0.0372. The Hall–Kier alpha value is -1.91. The molecule has 1 N–H and O–H groups in total. The topological polar surface area (TPSA) is 62.3 Å². The number of amides is 2. The lowest BCUT2D eigenvalue weighted by Gasteiger charge is -2.46. The van der Waals surface area contributed by atoms with E-state index < -0.39 is 11.6 Å². The lowest BCUT2D eigenvalue weighted by Crippen LogP contribution is -2.69. The zero-order valence-corrected chi connectivity index (χ0v) is 12.2. The summed E-state index contributed by atoms with van der Waals surface area (Å²) in [5.74, 6) is -0.107. The third-order valence-electron chi connectivity index (χ3n) is 4.14. The molecule has 2 amide bonds. The predicted molar refractivity (Wildman–Crippen MR) is 75.7 cm³/mol. The van der Waals surface area contributed by atoms with Crippen molar-refractivity contribution >= 4 is 11.8 Å². The Labute approximate surface area is 119 Å². The Morgan fingerprint density at radius 2 is 2.00 bits per heavy atom. The molecule has 0 aromatic carbocycles. The van der Waals surface area contributed by atoms with E-state index in [0.717, 1.165) is 5.69 Å². The number of rotatable bonds is 4. The van der Waals surface area contributed by atoms with Crippen molar-refractivity contribution in [3.05, 3.63) is 30.1 Å². The molecular weight excluding hydrogens is 254 g/mol. The normalized spacial score (nSPS) is 21.8. The highest BCUT2D eigenvalue weighted by atomic mass is 16.2. The summed E-state index contributed by atoms with van der Waals surface area (Å²) in [4.78, 5) is 30.9. The molecule has 1 saturated heterocycles. The first-order valence-electron chi connectivity index (χ1n) is 7.07. The number of nitrogens with one attached hydrogen (secondary N) is 1. The summed E-state index contributed by atoms with van der Waals surface area (Å²) in [6.07, 6.45) is 2.90. The molecule has 5 nitrogen and oxygen atoms in total. The largest absolute Gasteiger partial charge is 0.343 e. The molecule has 2 rings (SSSR count). The van der Waals surface area contributed by atoms with E-state index in [1.54, 1.807) is 18.0 Å². The second kappa shape index (κ2) is 5.61. The van der Waals surface area contributed by atoms with Gasteiger partial charge in [0.1, 0.15) is 11.6 Å². The summed E-state index contributed by atoms with van der Waals surface area (Å²) in [7, 11) is 0. The van der Waals surface area contributed by atoms with Gasteiger partial charge in [0.15, 0.2) is 0 Å². The molecule has 108 valence electrons. The number of nitrogens with zero attached hydrogens (tertiary/aromatic N) is 2. The van der Waals surface area contributed by atoms with E-state index in [4.69, 9.17) is 0 Å². The van der Waals surface area contributed by atoms with Crippen LogP contribution in [0.5, 0.6) is 0 Å². The minimum atomic E-state index is -0.763. The van der Waals surface area contributed by atoms with Gasteiger partial charge in [-0.15, -0.1) is 0 Å². The van der Waals surface area contributed by atoms with Gasteiger partial charge < -0.3 is 10.2 Å². The molecule has 1 unspecified atom stereocenters. The van der Waals surface area contributed by atoms with Crippen LogP contribution in [0.15, 0.2) is 24.4 Å². The van der Waals surface area contributed by atoms with Gasteiger partial charge in [-0.3, -0.25) is 14.6 Å². The third kappa shape index (κ3) is 2.28. The zero-order valence-electron chi connectivity index (χ0n) is 12.2. The Morgan fingerprint density at radius 3 is 2.55 bits per heavy atom. The number of carbonyl (C=O) groups is 2. The maximum atomic E-state index is 12.5. The average Bonchev–Trinajstić information content (AvgIpc) is 2.47. The minimum Gasteiger partial charge on any atom is -0.343 e. The highest BCUT2D eigenvalue weighted by Gasteiger charge is 2.49. The molecule has 1 atom stereocenters. The van der Waals surface area contributed by atoms with Crippen LogP contribution >= 0.6 is 0 Å². The summed E-state index contributed by atoms with van der Waals surface area (Å²) < 4.78 is 0. The van der Waals surface area contributed by atoms with Gasteiger partial charge in [-0.25, -0.2) is 0 Å². The fraction of sp³-hybridized carbons (Fsp3) is 0.533. The molecule has 0 aliphatic carbocycles. The predicted octanol–water partition coefficient (Wildman–Crippen LogP) is 1.49. The van der Waals surface area contributed by atoms with Gasteiger partial charge in [-0.1, -0.05) is 19.9 Å². The second-order valence-electron chi connectivity index (χ2n) is 5.18. The second-order valence-corrected chi connectivity index (χ2v) is 5.18. The number of hydrogen-bond acceptors (Lipinski definition) is 3. The molecule has 1 fully saturated rings. The Balaban J connectivity index is 2.37. The monoisotopic (exact) mass is 275 g/mol. The smallest absolute Gasteiger partial charge is 0.246 e. The molecule has 0 radical (unpaired) electrons. The maximum absolute atomic E-state index is 12.5. The summed E-state index contributed by atoms with van der Waals surface area (Å²) in [6.45, 7) is 5.98. The van der Waals surface area contributed by atoms with Crippen molar-refractivity contribution < 1.29 is 9.59 Å². The maximum Gasteiger partial charge on any atom is 0.246 e. The fourth-order valence-corrected chi connectivity index (χ4v) is 2.80. The molecule has 5 heteroatoms.